The molecule has 26 heavy (non-hydrogen) atoms. The molecule has 0 spiro atoms. The Bertz CT molecular complexity index is 1190. The predicted molar refractivity (Wildman–Crippen MR) is 112 cm³/mol. The van der Waals surface area contributed by atoms with Crippen LogP contribution in [0.15, 0.2) is 64.3 Å². The van der Waals surface area contributed by atoms with Gasteiger partial charge in [0, 0.05) is 22.9 Å². The highest BCUT2D eigenvalue weighted by Crippen LogP contribution is 2.34. The Kier molecular flexibility index (Phi) is 4.34. The van der Waals surface area contributed by atoms with Crippen molar-refractivity contribution in [3.63, 3.8) is 0 Å². The first-order chi connectivity index (χ1) is 12.5. The molecule has 0 amide bonds. The summed E-state index contributed by atoms with van der Waals surface area (Å²) in [5.41, 5.74) is 3.31. The molecule has 0 saturated carbocycles. The number of aromatic nitrogens is 3. The Hall–Kier alpha value is -2.51. The van der Waals surface area contributed by atoms with Crippen LogP contribution in [-0.2, 0) is 0 Å². The van der Waals surface area contributed by atoms with Gasteiger partial charge in [0.2, 0.25) is 0 Å². The third kappa shape index (κ3) is 2.93. The number of fused-ring (bicyclic) bond motifs is 3. The first-order valence-corrected chi connectivity index (χ1v) is 9.58. The fraction of sp³-hybridized carbons (Fsp3) is 0.105. The van der Waals surface area contributed by atoms with Gasteiger partial charge < -0.3 is 5.32 Å². The SMILES string of the molecule is C=C(C)CNc1ccnc2sc3c(=O)n(-c4ccc(Br)cc4)cnc3c12. The third-order valence-electron chi connectivity index (χ3n) is 3.97. The first kappa shape index (κ1) is 16.9. The van der Waals surface area contributed by atoms with Crippen LogP contribution >= 0.6 is 27.3 Å². The molecular formula is C19H15BrN4OS. The van der Waals surface area contributed by atoms with Gasteiger partial charge in [-0.2, -0.15) is 0 Å². The van der Waals surface area contributed by atoms with Gasteiger partial charge in [-0.05, 0) is 37.3 Å². The number of anilines is 1. The largest absolute Gasteiger partial charge is 0.381 e. The summed E-state index contributed by atoms with van der Waals surface area (Å²) in [4.78, 5) is 22.8. The van der Waals surface area contributed by atoms with E-state index in [1.165, 1.54) is 11.3 Å². The molecule has 0 aliphatic carbocycles. The molecule has 0 bridgehead atoms. The number of benzene rings is 1. The molecule has 0 radical (unpaired) electrons. The Morgan fingerprint density at radius 3 is 2.77 bits per heavy atom. The molecule has 0 aliphatic rings. The number of thiophene rings is 1. The molecule has 0 fully saturated rings. The molecule has 1 N–H and O–H groups in total. The zero-order valence-electron chi connectivity index (χ0n) is 14.0. The molecule has 3 aromatic heterocycles. The number of hydrogen-bond donors (Lipinski definition) is 1. The molecule has 4 aromatic rings. The second kappa shape index (κ2) is 6.66. The molecule has 1 aromatic carbocycles. The monoisotopic (exact) mass is 426 g/mol. The second-order valence-electron chi connectivity index (χ2n) is 6.03. The van der Waals surface area contributed by atoms with E-state index in [0.29, 0.717) is 16.8 Å². The smallest absolute Gasteiger partial charge is 0.275 e. The average Bonchev–Trinajstić information content (AvgIpc) is 3.01. The number of pyridine rings is 1. The van der Waals surface area contributed by atoms with E-state index in [2.05, 4.69) is 37.8 Å². The number of hydrogen-bond acceptors (Lipinski definition) is 5. The highest BCUT2D eigenvalue weighted by molar-refractivity contribution is 9.10. The Morgan fingerprint density at radius 1 is 1.27 bits per heavy atom. The third-order valence-corrected chi connectivity index (χ3v) is 5.57. The minimum atomic E-state index is -0.0915. The summed E-state index contributed by atoms with van der Waals surface area (Å²) in [6.45, 7) is 6.54. The fourth-order valence-corrected chi connectivity index (χ4v) is 4.05. The summed E-state index contributed by atoms with van der Waals surface area (Å²) < 4.78 is 3.12. The average molecular weight is 427 g/mol. The van der Waals surface area contributed by atoms with Crippen LogP contribution < -0.4 is 10.9 Å². The zero-order chi connectivity index (χ0) is 18.3. The van der Waals surface area contributed by atoms with Crippen molar-refractivity contribution in [2.45, 2.75) is 6.92 Å². The van der Waals surface area contributed by atoms with Gasteiger partial charge in [0.25, 0.3) is 5.56 Å². The topological polar surface area (TPSA) is 59.8 Å². The van der Waals surface area contributed by atoms with Gasteiger partial charge in [0.15, 0.2) is 0 Å². The summed E-state index contributed by atoms with van der Waals surface area (Å²) in [5, 5.41) is 4.23. The van der Waals surface area contributed by atoms with Crippen LogP contribution in [0.5, 0.6) is 0 Å². The lowest BCUT2D eigenvalue weighted by molar-refractivity contribution is 0.967. The first-order valence-electron chi connectivity index (χ1n) is 7.97. The molecule has 130 valence electrons. The van der Waals surface area contributed by atoms with Gasteiger partial charge in [0.05, 0.1) is 16.6 Å². The van der Waals surface area contributed by atoms with E-state index in [0.717, 1.165) is 31.6 Å². The summed E-state index contributed by atoms with van der Waals surface area (Å²) in [7, 11) is 0. The van der Waals surface area contributed by atoms with Gasteiger partial charge in [-0.1, -0.05) is 28.1 Å². The lowest BCUT2D eigenvalue weighted by atomic mass is 10.2. The quantitative estimate of drug-likeness (QED) is 0.478. The Labute approximate surface area is 162 Å². The number of halogens is 1. The number of rotatable bonds is 4. The van der Waals surface area contributed by atoms with Crippen LogP contribution in [0.1, 0.15) is 6.92 Å². The molecule has 0 atom stereocenters. The van der Waals surface area contributed by atoms with E-state index < -0.39 is 0 Å². The van der Waals surface area contributed by atoms with E-state index >= 15 is 0 Å². The van der Waals surface area contributed by atoms with Crippen LogP contribution in [0, 0.1) is 0 Å². The molecule has 3 heterocycles. The number of nitrogens with zero attached hydrogens (tertiary/aromatic N) is 3. The van der Waals surface area contributed by atoms with Crippen LogP contribution in [0.2, 0.25) is 0 Å². The highest BCUT2D eigenvalue weighted by atomic mass is 79.9. The molecule has 5 nitrogen and oxygen atoms in total. The van der Waals surface area contributed by atoms with Crippen LogP contribution in [0.3, 0.4) is 0 Å². The van der Waals surface area contributed by atoms with Crippen LogP contribution in [0.25, 0.3) is 26.1 Å². The maximum absolute atomic E-state index is 13.0. The normalized spacial score (nSPS) is 11.2. The molecule has 0 aliphatic heterocycles. The maximum atomic E-state index is 13.0. The predicted octanol–water partition coefficient (Wildman–Crippen LogP) is 4.75. The van der Waals surface area contributed by atoms with Crippen molar-refractivity contribution in [3.05, 3.63) is 69.8 Å². The Morgan fingerprint density at radius 2 is 2.04 bits per heavy atom. The fourth-order valence-electron chi connectivity index (χ4n) is 2.73. The highest BCUT2D eigenvalue weighted by Gasteiger charge is 2.16. The van der Waals surface area contributed by atoms with Crippen molar-refractivity contribution in [1.29, 1.82) is 0 Å². The minimum absolute atomic E-state index is 0.0915. The zero-order valence-corrected chi connectivity index (χ0v) is 16.4. The summed E-state index contributed by atoms with van der Waals surface area (Å²) in [6, 6.07) is 9.46. The van der Waals surface area contributed by atoms with E-state index in [1.807, 2.05) is 37.3 Å². The summed E-state index contributed by atoms with van der Waals surface area (Å²) >= 11 is 4.78. The lowest BCUT2D eigenvalue weighted by Crippen LogP contribution is -2.17. The molecule has 4 rings (SSSR count). The van der Waals surface area contributed by atoms with E-state index in [-0.39, 0.29) is 5.56 Å². The van der Waals surface area contributed by atoms with Crippen LogP contribution in [-0.4, -0.2) is 21.1 Å². The van der Waals surface area contributed by atoms with Crippen LogP contribution in [0.4, 0.5) is 5.69 Å². The van der Waals surface area contributed by atoms with Crippen molar-refractivity contribution in [1.82, 2.24) is 14.5 Å². The standard InChI is InChI=1S/C19H15BrN4OS/c1-11(2)9-22-14-7-8-21-18-15(14)16-17(26-18)19(25)24(10-23-16)13-5-3-12(20)4-6-13/h3-8,10H,1,9H2,2H3,(H,21,22). The van der Waals surface area contributed by atoms with Gasteiger partial charge in [0.1, 0.15) is 15.9 Å². The van der Waals surface area contributed by atoms with Crippen molar-refractivity contribution in [2.24, 2.45) is 0 Å². The van der Waals surface area contributed by atoms with Gasteiger partial charge in [-0.15, -0.1) is 11.3 Å². The second-order valence-corrected chi connectivity index (χ2v) is 7.94. The van der Waals surface area contributed by atoms with Crippen molar-refractivity contribution in [2.75, 3.05) is 11.9 Å². The lowest BCUT2D eigenvalue weighted by Gasteiger charge is -2.08. The van der Waals surface area contributed by atoms with Crippen molar-refractivity contribution >= 4 is 53.4 Å². The molecular weight excluding hydrogens is 412 g/mol. The summed E-state index contributed by atoms with van der Waals surface area (Å²) in [6.07, 6.45) is 3.32. The van der Waals surface area contributed by atoms with Gasteiger partial charge in [-0.25, -0.2) is 9.97 Å². The van der Waals surface area contributed by atoms with Gasteiger partial charge >= 0.3 is 0 Å². The Balaban J connectivity index is 1.92. The van der Waals surface area contributed by atoms with E-state index in [9.17, 15) is 4.79 Å². The van der Waals surface area contributed by atoms with E-state index in [1.54, 1.807) is 17.1 Å². The van der Waals surface area contributed by atoms with Gasteiger partial charge in [-0.3, -0.25) is 9.36 Å². The van der Waals surface area contributed by atoms with E-state index in [4.69, 9.17) is 0 Å². The molecule has 7 heteroatoms. The molecule has 0 unspecified atom stereocenters. The van der Waals surface area contributed by atoms with Crippen molar-refractivity contribution < 1.29 is 0 Å². The van der Waals surface area contributed by atoms with Crippen molar-refractivity contribution in [3.8, 4) is 5.69 Å². The minimum Gasteiger partial charge on any atom is -0.381 e. The maximum Gasteiger partial charge on any atom is 0.275 e. The molecule has 0 saturated heterocycles. The number of nitrogens with one attached hydrogen (secondary N) is 1. The summed E-state index contributed by atoms with van der Waals surface area (Å²) in [5.74, 6) is 0.